The van der Waals surface area contributed by atoms with E-state index in [1.807, 2.05) is 0 Å². The van der Waals surface area contributed by atoms with Crippen LogP contribution in [0.15, 0.2) is 34.1 Å². The monoisotopic (exact) mass is 388 g/mol. The lowest BCUT2D eigenvalue weighted by molar-refractivity contribution is 0.0492. The molecule has 0 radical (unpaired) electrons. The minimum atomic E-state index is -0.706. The summed E-state index contributed by atoms with van der Waals surface area (Å²) in [6.07, 6.45) is 1.72. The van der Waals surface area contributed by atoms with Crippen LogP contribution in [0.4, 0.5) is 0 Å². The van der Waals surface area contributed by atoms with Crippen LogP contribution in [0.5, 0.6) is 11.5 Å². The van der Waals surface area contributed by atoms with Gasteiger partial charge in [0.05, 0.1) is 20.0 Å². The molecule has 10 heteroatoms. The standard InChI is InChI=1S/C18H20N4O6/c1-20-10-19-15-14(20)16(24)22(18(26)21(15)2)7-4-8-28-17(25)12-6-5-11(27-3)9-13(12)23/h5-6,9-10,23H,4,7-8H2,1-3H3. The molecule has 0 saturated heterocycles. The van der Waals surface area contributed by atoms with E-state index in [0.717, 1.165) is 4.57 Å². The number of aromatic nitrogens is 4. The van der Waals surface area contributed by atoms with Crippen LogP contribution in [0, 0.1) is 0 Å². The number of hydrogen-bond donors (Lipinski definition) is 1. The zero-order valence-corrected chi connectivity index (χ0v) is 15.7. The van der Waals surface area contributed by atoms with Crippen molar-refractivity contribution in [2.45, 2.75) is 13.0 Å². The number of esters is 1. The number of rotatable bonds is 6. The second kappa shape index (κ2) is 7.59. The van der Waals surface area contributed by atoms with Crippen molar-refractivity contribution in [2.75, 3.05) is 13.7 Å². The summed E-state index contributed by atoms with van der Waals surface area (Å²) in [5.74, 6) is -0.548. The summed E-state index contributed by atoms with van der Waals surface area (Å²) >= 11 is 0. The lowest BCUT2D eigenvalue weighted by Gasteiger charge is -2.10. The number of phenols is 1. The number of phenolic OH excluding ortho intramolecular Hbond substituents is 1. The Hall–Kier alpha value is -3.56. The van der Waals surface area contributed by atoms with Crippen molar-refractivity contribution < 1.29 is 19.4 Å². The van der Waals surface area contributed by atoms with Crippen LogP contribution in [0.3, 0.4) is 0 Å². The van der Waals surface area contributed by atoms with E-state index < -0.39 is 17.2 Å². The molecule has 28 heavy (non-hydrogen) atoms. The van der Waals surface area contributed by atoms with Crippen LogP contribution >= 0.6 is 0 Å². The van der Waals surface area contributed by atoms with E-state index in [0.29, 0.717) is 16.9 Å². The molecule has 148 valence electrons. The molecule has 0 saturated carbocycles. The Kier molecular flexibility index (Phi) is 5.21. The number of aryl methyl sites for hydroxylation is 2. The molecule has 0 bridgehead atoms. The highest BCUT2D eigenvalue weighted by molar-refractivity contribution is 5.92. The van der Waals surface area contributed by atoms with Crippen molar-refractivity contribution in [1.29, 1.82) is 0 Å². The number of hydrogen-bond acceptors (Lipinski definition) is 7. The van der Waals surface area contributed by atoms with E-state index >= 15 is 0 Å². The predicted molar refractivity (Wildman–Crippen MR) is 99.8 cm³/mol. The number of carbonyl (C=O) groups is 1. The maximum absolute atomic E-state index is 12.6. The van der Waals surface area contributed by atoms with Crippen molar-refractivity contribution in [1.82, 2.24) is 18.7 Å². The third-order valence-electron chi connectivity index (χ3n) is 4.39. The Balaban J connectivity index is 1.69. The van der Waals surface area contributed by atoms with E-state index in [2.05, 4.69) is 4.98 Å². The number of fused-ring (bicyclic) bond motifs is 1. The van der Waals surface area contributed by atoms with Gasteiger partial charge in [0.25, 0.3) is 5.56 Å². The molecule has 0 amide bonds. The van der Waals surface area contributed by atoms with Gasteiger partial charge in [0.15, 0.2) is 11.2 Å². The van der Waals surface area contributed by atoms with E-state index in [4.69, 9.17) is 9.47 Å². The number of carbonyl (C=O) groups excluding carboxylic acids is 1. The lowest BCUT2D eigenvalue weighted by atomic mass is 10.2. The molecule has 1 N–H and O–H groups in total. The largest absolute Gasteiger partial charge is 0.507 e. The number of imidazole rings is 1. The van der Waals surface area contributed by atoms with Crippen LogP contribution in [0.2, 0.25) is 0 Å². The van der Waals surface area contributed by atoms with Crippen LogP contribution in [0.1, 0.15) is 16.8 Å². The summed E-state index contributed by atoms with van der Waals surface area (Å²) in [6, 6.07) is 4.23. The molecule has 0 aliphatic heterocycles. The summed E-state index contributed by atoms with van der Waals surface area (Å²) in [6.45, 7) is 0.0534. The molecule has 0 fully saturated rings. The first kappa shape index (κ1) is 19.2. The van der Waals surface area contributed by atoms with Crippen molar-refractivity contribution in [3.05, 3.63) is 50.9 Å². The number of benzene rings is 1. The van der Waals surface area contributed by atoms with Crippen LogP contribution in [-0.4, -0.2) is 43.5 Å². The number of nitrogens with zero attached hydrogens (tertiary/aromatic N) is 4. The van der Waals surface area contributed by atoms with Crippen molar-refractivity contribution in [2.24, 2.45) is 14.1 Å². The fraction of sp³-hybridized carbons (Fsp3) is 0.333. The van der Waals surface area contributed by atoms with Gasteiger partial charge in [-0.05, 0) is 18.6 Å². The third kappa shape index (κ3) is 3.36. The summed E-state index contributed by atoms with van der Waals surface area (Å²) in [7, 11) is 4.66. The quantitative estimate of drug-likeness (QED) is 0.480. The SMILES string of the molecule is COc1ccc(C(=O)OCCCn2c(=O)c3c(ncn3C)n(C)c2=O)c(O)c1. The number of ether oxygens (including phenoxy) is 2. The van der Waals surface area contributed by atoms with Gasteiger partial charge in [-0.2, -0.15) is 0 Å². The van der Waals surface area contributed by atoms with Gasteiger partial charge >= 0.3 is 11.7 Å². The first-order chi connectivity index (χ1) is 13.3. The van der Waals surface area contributed by atoms with Gasteiger partial charge in [0.2, 0.25) is 0 Å². The molecule has 0 atom stereocenters. The fourth-order valence-corrected chi connectivity index (χ4v) is 2.87. The highest BCUT2D eigenvalue weighted by atomic mass is 16.5. The van der Waals surface area contributed by atoms with Gasteiger partial charge in [0.1, 0.15) is 17.1 Å². The molecule has 0 unspecified atom stereocenters. The van der Waals surface area contributed by atoms with Crippen LogP contribution < -0.4 is 16.0 Å². The summed E-state index contributed by atoms with van der Waals surface area (Å²) < 4.78 is 14.0. The molecule has 2 heterocycles. The summed E-state index contributed by atoms with van der Waals surface area (Å²) in [5.41, 5.74) is -0.296. The molecule has 1 aromatic carbocycles. The van der Waals surface area contributed by atoms with E-state index in [-0.39, 0.29) is 30.9 Å². The van der Waals surface area contributed by atoms with Gasteiger partial charge in [-0.15, -0.1) is 0 Å². The van der Waals surface area contributed by atoms with Crippen molar-refractivity contribution in [3.63, 3.8) is 0 Å². The molecule has 3 rings (SSSR count). The van der Waals surface area contributed by atoms with E-state index in [1.54, 1.807) is 18.7 Å². The second-order valence-electron chi connectivity index (χ2n) is 6.20. The Morgan fingerprint density at radius 3 is 2.68 bits per heavy atom. The first-order valence-electron chi connectivity index (χ1n) is 8.50. The average molecular weight is 388 g/mol. The Morgan fingerprint density at radius 1 is 1.25 bits per heavy atom. The van der Waals surface area contributed by atoms with Crippen LogP contribution in [0.25, 0.3) is 11.2 Å². The second-order valence-corrected chi connectivity index (χ2v) is 6.20. The van der Waals surface area contributed by atoms with Gasteiger partial charge in [-0.25, -0.2) is 14.6 Å². The topological polar surface area (TPSA) is 118 Å². The van der Waals surface area contributed by atoms with Crippen molar-refractivity contribution in [3.8, 4) is 11.5 Å². The van der Waals surface area contributed by atoms with Gasteiger partial charge in [-0.1, -0.05) is 0 Å². The minimum absolute atomic E-state index is 0.00480. The van der Waals surface area contributed by atoms with Crippen LogP contribution in [-0.2, 0) is 25.4 Å². The zero-order chi connectivity index (χ0) is 20.4. The lowest BCUT2D eigenvalue weighted by Crippen LogP contribution is -2.39. The molecule has 0 spiro atoms. The van der Waals surface area contributed by atoms with Gasteiger partial charge < -0.3 is 19.1 Å². The summed E-state index contributed by atoms with van der Waals surface area (Å²) in [5, 5.41) is 9.86. The molecule has 0 aliphatic carbocycles. The highest BCUT2D eigenvalue weighted by Crippen LogP contribution is 2.23. The Labute approximate surface area is 159 Å². The molecule has 0 aliphatic rings. The zero-order valence-electron chi connectivity index (χ0n) is 15.7. The summed E-state index contributed by atoms with van der Waals surface area (Å²) in [4.78, 5) is 41.1. The smallest absolute Gasteiger partial charge is 0.341 e. The number of aromatic hydroxyl groups is 1. The molecule has 10 nitrogen and oxygen atoms in total. The molecular weight excluding hydrogens is 368 g/mol. The first-order valence-corrected chi connectivity index (χ1v) is 8.50. The average Bonchev–Trinajstić information content (AvgIpc) is 3.07. The van der Waals surface area contributed by atoms with Gasteiger partial charge in [0, 0.05) is 26.7 Å². The number of methoxy groups -OCH3 is 1. The molecule has 2 aromatic heterocycles. The normalized spacial score (nSPS) is 11.0. The minimum Gasteiger partial charge on any atom is -0.507 e. The Bertz CT molecular complexity index is 1160. The fourth-order valence-electron chi connectivity index (χ4n) is 2.87. The predicted octanol–water partition coefficient (Wildman–Crippen LogP) is 0.395. The maximum atomic E-state index is 12.6. The highest BCUT2D eigenvalue weighted by Gasteiger charge is 2.16. The van der Waals surface area contributed by atoms with E-state index in [9.17, 15) is 19.5 Å². The molecule has 3 aromatic rings. The maximum Gasteiger partial charge on any atom is 0.341 e. The van der Waals surface area contributed by atoms with Gasteiger partial charge in [-0.3, -0.25) is 13.9 Å². The third-order valence-corrected chi connectivity index (χ3v) is 4.39. The molecular formula is C18H20N4O6. The van der Waals surface area contributed by atoms with Crippen molar-refractivity contribution >= 4 is 17.1 Å². The Morgan fingerprint density at radius 2 is 2.00 bits per heavy atom. The van der Waals surface area contributed by atoms with E-state index in [1.165, 1.54) is 36.2 Å².